The first-order chi connectivity index (χ1) is 34.6. The van der Waals surface area contributed by atoms with Gasteiger partial charge in [-0.15, -0.1) is 53.4 Å². The molecule has 0 atom stereocenters. The maximum absolute atomic E-state index is 13.2. The van der Waals surface area contributed by atoms with Crippen LogP contribution in [0.2, 0.25) is 0 Å². The fourth-order valence-corrected chi connectivity index (χ4v) is 7.79. The van der Waals surface area contributed by atoms with Gasteiger partial charge in [0.15, 0.2) is 0 Å². The van der Waals surface area contributed by atoms with Gasteiger partial charge in [0, 0.05) is 201 Å². The summed E-state index contributed by atoms with van der Waals surface area (Å²) in [6, 6.07) is 42.0. The van der Waals surface area contributed by atoms with Crippen molar-refractivity contribution in [3.05, 3.63) is 203 Å². The number of thiophene rings is 3. The summed E-state index contributed by atoms with van der Waals surface area (Å²) in [6.45, 7) is 0. The van der Waals surface area contributed by atoms with Gasteiger partial charge in [-0.25, -0.2) is 53.9 Å². The zero-order valence-electron chi connectivity index (χ0n) is 39.1. The Labute approximate surface area is 516 Å². The Bertz CT molecular complexity index is 3380. The quantitative estimate of drug-likeness (QED) is 0.137. The van der Waals surface area contributed by atoms with Gasteiger partial charge in [-0.1, -0.05) is 56.6 Å². The molecule has 395 valence electrons. The summed E-state index contributed by atoms with van der Waals surface area (Å²) in [5.74, 6) is -0.704. The van der Waals surface area contributed by atoms with E-state index in [1.54, 1.807) is 90.9 Å². The zero-order chi connectivity index (χ0) is 50.4. The monoisotopic (exact) mass is 1960 g/mol. The van der Waals surface area contributed by atoms with E-state index in [1.807, 2.05) is 48.6 Å². The number of methoxy groups -OCH3 is 1. The summed E-state index contributed by atoms with van der Waals surface area (Å²) < 4.78 is 43.8. The number of aromatic nitrogens is 8. The van der Waals surface area contributed by atoms with E-state index in [-0.39, 0.29) is 111 Å². The fraction of sp³-hybridized carbons (Fsp3) is 0.0577. The Kier molecular flexibility index (Phi) is 32.5. The molecular formula is C52H32F3Ir5N12OS3-5. The van der Waals surface area contributed by atoms with Gasteiger partial charge < -0.3 is 24.6 Å². The summed E-state index contributed by atoms with van der Waals surface area (Å²) >= 11 is 3.99. The van der Waals surface area contributed by atoms with E-state index in [2.05, 4.69) is 82.3 Å². The van der Waals surface area contributed by atoms with Crippen LogP contribution in [0.1, 0.15) is 15.3 Å². The molecular weight excluding hydrogens is 1920 g/mol. The molecule has 0 fully saturated rings. The summed E-state index contributed by atoms with van der Waals surface area (Å²) in [5, 5.41) is 28.5. The number of nitrogens with zero attached hydrogens (tertiary/aromatic N) is 12. The molecule has 2 aromatic carbocycles. The molecule has 13 nitrogen and oxygen atoms in total. The molecule has 8 aromatic heterocycles. The van der Waals surface area contributed by atoms with E-state index in [9.17, 15) is 13.2 Å². The van der Waals surface area contributed by atoms with Crippen LogP contribution in [0.5, 0.6) is 5.75 Å². The summed E-state index contributed by atoms with van der Waals surface area (Å²) in [7, 11) is 5.32. The van der Waals surface area contributed by atoms with Crippen molar-refractivity contribution >= 4 is 39.7 Å². The molecule has 0 aliphatic rings. The van der Waals surface area contributed by atoms with Crippen molar-refractivity contribution in [2.24, 2.45) is 0 Å². The van der Waals surface area contributed by atoms with Gasteiger partial charge in [0.2, 0.25) is 0 Å². The molecule has 0 N–H and O–H groups in total. The third kappa shape index (κ3) is 20.3. The van der Waals surface area contributed by atoms with Crippen molar-refractivity contribution in [2.45, 2.75) is 0 Å². The zero-order valence-corrected chi connectivity index (χ0v) is 53.5. The van der Waals surface area contributed by atoms with Crippen LogP contribution in [0, 0.1) is 81.8 Å². The van der Waals surface area contributed by atoms with Crippen LogP contribution in [0.3, 0.4) is 0 Å². The normalized spacial score (nSPS) is 9.14. The maximum Gasteiger partial charge on any atom is 0.105 e. The average Bonchev–Trinajstić information content (AvgIpc) is 4.21. The van der Waals surface area contributed by atoms with Crippen LogP contribution in [-0.2, 0) is 101 Å². The molecule has 24 heteroatoms. The standard InChI is InChI=1S/C13H11N4.C11H7N2OS.C10H5F2N2.C10H4FN2S.C8H5N2S.5Ir/c1-17(2)13-4-3-10(7-11(13)8-14)12-5-6-15-9-16-12;1-14-9-6-10(15-11(9)7-12)8-4-2-3-5-13-8;11-7-1-2-8(9(12)5-7)10-6-13-3-4-14-10;11-7-5-9(14-10(7)6-12)8-3-1-2-4-13-8;1-3-7(11-6-1)8-9-4-2-5-10-8;;;;;/h4-7,9H,1-2H3;2-5H,1H3;1,3-6H;1-4H;1-2,4-6H;;;;;/q5*-1;;;;;. The SMILES string of the molecule is CN(C)c1c[c-]c(-c2ccncn2)cc1C#N.COc1[c-]c(-c2ccccn2)sc1C#N.Fc1c[c-]c(-c2cnccn2)c(F)c1.N#Cc1sc(-c2ccccn2)[c-]c1F.[Ir].[Ir].[Ir].[Ir].[Ir].[c-]1ccsc1-c1ncccn1. The van der Waals surface area contributed by atoms with Crippen LogP contribution in [0.15, 0.2) is 140 Å². The number of hydrogen-bond donors (Lipinski definition) is 0. The number of rotatable bonds is 7. The second-order valence-electron chi connectivity index (χ2n) is 13.6. The van der Waals surface area contributed by atoms with E-state index >= 15 is 0 Å². The van der Waals surface area contributed by atoms with Gasteiger partial charge in [-0.2, -0.15) is 17.4 Å². The first-order valence-corrected chi connectivity index (χ1v) is 22.8. The number of benzene rings is 2. The molecule has 0 aliphatic carbocycles. The van der Waals surface area contributed by atoms with Crippen molar-refractivity contribution < 1.29 is 118 Å². The predicted octanol–water partition coefficient (Wildman–Crippen LogP) is 11.2. The number of nitriles is 3. The first kappa shape index (κ1) is 68.2. The molecule has 0 amide bonds. The molecule has 5 radical (unpaired) electrons. The van der Waals surface area contributed by atoms with Crippen molar-refractivity contribution in [1.29, 1.82) is 15.8 Å². The fourth-order valence-electron chi connectivity index (χ4n) is 5.57. The number of ether oxygens (including phenoxy) is 1. The Morgan fingerprint density at radius 2 is 1.25 bits per heavy atom. The molecule has 10 aromatic rings. The second kappa shape index (κ2) is 36.3. The van der Waals surface area contributed by atoms with Crippen molar-refractivity contribution in [1.82, 2.24) is 39.9 Å². The van der Waals surface area contributed by atoms with Crippen LogP contribution < -0.4 is 9.64 Å². The molecule has 0 saturated carbocycles. The number of hydrogen-bond acceptors (Lipinski definition) is 16. The Balaban J connectivity index is 0.000000470. The van der Waals surface area contributed by atoms with Gasteiger partial charge in [-0.3, -0.25) is 28.7 Å². The molecule has 0 aliphatic heterocycles. The third-order valence-corrected chi connectivity index (χ3v) is 11.6. The smallest absolute Gasteiger partial charge is 0.105 e. The van der Waals surface area contributed by atoms with Crippen molar-refractivity contribution in [3.63, 3.8) is 0 Å². The molecule has 0 spiro atoms. The second-order valence-corrected chi connectivity index (χ2v) is 16.6. The minimum absolute atomic E-state index is 0. The van der Waals surface area contributed by atoms with Crippen LogP contribution in [0.25, 0.3) is 54.4 Å². The van der Waals surface area contributed by atoms with E-state index in [0.717, 1.165) is 61.7 Å². The summed E-state index contributed by atoms with van der Waals surface area (Å²) in [6.07, 6.45) is 14.3. The topological polar surface area (TPSA) is 187 Å². The third-order valence-electron chi connectivity index (χ3n) is 8.77. The van der Waals surface area contributed by atoms with Gasteiger partial charge in [0.25, 0.3) is 0 Å². The van der Waals surface area contributed by atoms with Crippen molar-refractivity contribution in [2.75, 3.05) is 26.1 Å². The van der Waals surface area contributed by atoms with Gasteiger partial charge in [0.1, 0.15) is 6.33 Å². The summed E-state index contributed by atoms with van der Waals surface area (Å²) in [5.41, 5.74) is 4.94. The van der Waals surface area contributed by atoms with Gasteiger partial charge in [0.05, 0.1) is 19.0 Å². The Morgan fingerprint density at radius 3 is 1.75 bits per heavy atom. The maximum atomic E-state index is 13.2. The summed E-state index contributed by atoms with van der Waals surface area (Å²) in [4.78, 5) is 36.9. The average molecular weight is 1960 g/mol. The van der Waals surface area contributed by atoms with Crippen molar-refractivity contribution in [3.8, 4) is 78.3 Å². The van der Waals surface area contributed by atoms with E-state index in [1.165, 1.54) is 43.4 Å². The molecule has 0 saturated heterocycles. The largest absolute Gasteiger partial charge is 0.520 e. The molecule has 76 heavy (non-hydrogen) atoms. The molecule has 8 heterocycles. The molecule has 0 bridgehead atoms. The van der Waals surface area contributed by atoms with Crippen LogP contribution in [0.4, 0.5) is 18.9 Å². The van der Waals surface area contributed by atoms with Crippen LogP contribution >= 0.6 is 34.0 Å². The van der Waals surface area contributed by atoms with E-state index in [0.29, 0.717) is 32.5 Å². The minimum Gasteiger partial charge on any atom is -0.520 e. The predicted molar refractivity (Wildman–Crippen MR) is 264 cm³/mol. The van der Waals surface area contributed by atoms with E-state index in [4.69, 9.17) is 20.5 Å². The Hall–Kier alpha value is -5.81. The number of halogens is 3. The molecule has 0 unspecified atom stereocenters. The number of pyridine rings is 2. The van der Waals surface area contributed by atoms with Gasteiger partial charge >= 0.3 is 0 Å². The number of anilines is 1. The molecule has 10 rings (SSSR count). The first-order valence-electron chi connectivity index (χ1n) is 20.3. The minimum atomic E-state index is -0.689. The Morgan fingerprint density at radius 1 is 0.605 bits per heavy atom. The van der Waals surface area contributed by atoms with E-state index < -0.39 is 17.5 Å². The van der Waals surface area contributed by atoms with Crippen LogP contribution in [-0.4, -0.2) is 61.1 Å². The van der Waals surface area contributed by atoms with Gasteiger partial charge in [-0.05, 0) is 60.6 Å².